The Kier molecular flexibility index (Phi) is 5.22. The first-order valence-corrected chi connectivity index (χ1v) is 7.01. The highest BCUT2D eigenvalue weighted by Crippen LogP contribution is 2.23. The smallest absolute Gasteiger partial charge is 0.148 e. The average molecular weight is 334 g/mol. The predicted octanol–water partition coefficient (Wildman–Crippen LogP) is 2.48. The Labute approximate surface area is 127 Å². The number of aromatic nitrogens is 2. The quantitative estimate of drug-likeness (QED) is 0.825. The van der Waals surface area contributed by atoms with Gasteiger partial charge in [-0.3, -0.25) is 0 Å². The van der Waals surface area contributed by atoms with Crippen LogP contribution in [0.15, 0.2) is 35.1 Å². The van der Waals surface area contributed by atoms with Crippen molar-refractivity contribution in [3.05, 3.63) is 46.5 Å². The van der Waals surface area contributed by atoms with Crippen molar-refractivity contribution in [1.82, 2.24) is 14.9 Å². The van der Waals surface area contributed by atoms with Crippen LogP contribution in [0.2, 0.25) is 0 Å². The fourth-order valence-corrected chi connectivity index (χ4v) is 2.23. The maximum atomic E-state index is 5.54. The minimum atomic E-state index is 0.272. The number of ether oxygens (including phenoxy) is 1. The Hall–Kier alpha value is -1.77. The standard InChI is InChI=1S/C15H16BrN3O/c1-3-8-20-14-5-4-13(16)9-12(14)10-17-11-15-18-6-7-19(15)2/h1,4-7,9,17H,8,10-11H2,2H3. The first-order valence-electron chi connectivity index (χ1n) is 6.22. The van der Waals surface area contributed by atoms with Gasteiger partial charge in [-0.2, -0.15) is 0 Å². The van der Waals surface area contributed by atoms with E-state index < -0.39 is 0 Å². The van der Waals surface area contributed by atoms with Crippen LogP contribution in [0.3, 0.4) is 0 Å². The third-order valence-corrected chi connectivity index (χ3v) is 3.35. The van der Waals surface area contributed by atoms with Gasteiger partial charge in [-0.15, -0.1) is 6.42 Å². The lowest BCUT2D eigenvalue weighted by Crippen LogP contribution is -2.16. The van der Waals surface area contributed by atoms with Crippen LogP contribution in [0.25, 0.3) is 0 Å². The van der Waals surface area contributed by atoms with Crippen molar-refractivity contribution in [2.24, 2.45) is 7.05 Å². The highest BCUT2D eigenvalue weighted by molar-refractivity contribution is 9.10. The van der Waals surface area contributed by atoms with Crippen molar-refractivity contribution >= 4 is 15.9 Å². The first-order chi connectivity index (χ1) is 9.70. The second kappa shape index (κ2) is 7.13. The van der Waals surface area contributed by atoms with Crippen LogP contribution >= 0.6 is 15.9 Å². The number of nitrogens with one attached hydrogen (secondary N) is 1. The highest BCUT2D eigenvalue weighted by Gasteiger charge is 2.05. The fraction of sp³-hybridized carbons (Fsp3) is 0.267. The van der Waals surface area contributed by atoms with Crippen LogP contribution in [0.1, 0.15) is 11.4 Å². The summed E-state index contributed by atoms with van der Waals surface area (Å²) in [5.41, 5.74) is 1.06. The molecule has 0 spiro atoms. The number of benzene rings is 1. The lowest BCUT2D eigenvalue weighted by molar-refractivity contribution is 0.364. The maximum absolute atomic E-state index is 5.54. The van der Waals surface area contributed by atoms with Gasteiger partial charge in [0.25, 0.3) is 0 Å². The largest absolute Gasteiger partial charge is 0.481 e. The molecule has 4 nitrogen and oxygen atoms in total. The Morgan fingerprint density at radius 2 is 2.30 bits per heavy atom. The first kappa shape index (κ1) is 14.6. The van der Waals surface area contributed by atoms with Gasteiger partial charge >= 0.3 is 0 Å². The second-order valence-corrected chi connectivity index (χ2v) is 5.22. The molecule has 0 saturated heterocycles. The molecule has 0 radical (unpaired) electrons. The molecule has 2 aromatic rings. The predicted molar refractivity (Wildman–Crippen MR) is 82.2 cm³/mol. The SMILES string of the molecule is C#CCOc1ccc(Br)cc1CNCc1nccn1C. The molecule has 1 N–H and O–H groups in total. The van der Waals surface area contributed by atoms with E-state index in [0.29, 0.717) is 13.1 Å². The number of hydrogen-bond donors (Lipinski definition) is 1. The van der Waals surface area contributed by atoms with Crippen LogP contribution in [0.4, 0.5) is 0 Å². The summed E-state index contributed by atoms with van der Waals surface area (Å²) in [5, 5.41) is 3.35. The van der Waals surface area contributed by atoms with Crippen LogP contribution in [0.5, 0.6) is 5.75 Å². The van der Waals surface area contributed by atoms with Gasteiger partial charge in [-0.25, -0.2) is 4.98 Å². The molecule has 0 saturated carbocycles. The summed E-state index contributed by atoms with van der Waals surface area (Å²) in [7, 11) is 1.98. The number of halogens is 1. The molecule has 0 bridgehead atoms. The Morgan fingerprint density at radius 1 is 1.45 bits per heavy atom. The molecular formula is C15H16BrN3O. The molecule has 20 heavy (non-hydrogen) atoms. The van der Waals surface area contributed by atoms with E-state index in [1.807, 2.05) is 36.0 Å². The number of terminal acetylenes is 1. The molecule has 0 aliphatic rings. The van der Waals surface area contributed by atoms with Gasteiger partial charge in [-0.1, -0.05) is 21.9 Å². The molecule has 1 aromatic heterocycles. The van der Waals surface area contributed by atoms with Crippen LogP contribution < -0.4 is 10.1 Å². The van der Waals surface area contributed by atoms with Crippen LogP contribution in [-0.4, -0.2) is 16.2 Å². The van der Waals surface area contributed by atoms with Crippen molar-refractivity contribution in [2.45, 2.75) is 13.1 Å². The summed E-state index contributed by atoms with van der Waals surface area (Å²) >= 11 is 3.47. The Balaban J connectivity index is 1.99. The van der Waals surface area contributed by atoms with Crippen molar-refractivity contribution in [3.8, 4) is 18.1 Å². The second-order valence-electron chi connectivity index (χ2n) is 4.30. The molecule has 1 heterocycles. The minimum Gasteiger partial charge on any atom is -0.481 e. The third-order valence-electron chi connectivity index (χ3n) is 2.85. The molecule has 0 aliphatic heterocycles. The van der Waals surface area contributed by atoms with Crippen molar-refractivity contribution < 1.29 is 4.74 Å². The lowest BCUT2D eigenvalue weighted by atomic mass is 10.2. The minimum absolute atomic E-state index is 0.272. The zero-order valence-electron chi connectivity index (χ0n) is 11.3. The van der Waals surface area contributed by atoms with Gasteiger partial charge in [-0.05, 0) is 18.2 Å². The van der Waals surface area contributed by atoms with E-state index in [1.165, 1.54) is 0 Å². The van der Waals surface area contributed by atoms with E-state index in [9.17, 15) is 0 Å². The van der Waals surface area contributed by atoms with E-state index in [0.717, 1.165) is 21.6 Å². The number of imidazole rings is 1. The topological polar surface area (TPSA) is 39.1 Å². The molecular weight excluding hydrogens is 318 g/mol. The summed E-state index contributed by atoms with van der Waals surface area (Å²) in [6.45, 7) is 1.66. The summed E-state index contributed by atoms with van der Waals surface area (Å²) < 4.78 is 8.54. The van der Waals surface area contributed by atoms with E-state index in [4.69, 9.17) is 11.2 Å². The van der Waals surface area contributed by atoms with Gasteiger partial charge in [0.1, 0.15) is 18.2 Å². The highest BCUT2D eigenvalue weighted by atomic mass is 79.9. The molecule has 104 valence electrons. The fourth-order valence-electron chi connectivity index (χ4n) is 1.82. The number of rotatable bonds is 6. The number of hydrogen-bond acceptors (Lipinski definition) is 3. The van der Waals surface area contributed by atoms with E-state index in [1.54, 1.807) is 6.20 Å². The molecule has 0 unspecified atom stereocenters. The Morgan fingerprint density at radius 3 is 3.00 bits per heavy atom. The lowest BCUT2D eigenvalue weighted by Gasteiger charge is -2.11. The van der Waals surface area contributed by atoms with Gasteiger partial charge in [0.2, 0.25) is 0 Å². The van der Waals surface area contributed by atoms with E-state index >= 15 is 0 Å². The molecule has 1 aromatic carbocycles. The Bertz CT molecular complexity index is 616. The summed E-state index contributed by atoms with van der Waals surface area (Å²) in [5.74, 6) is 4.27. The summed E-state index contributed by atoms with van der Waals surface area (Å²) in [6, 6.07) is 5.88. The molecule has 2 rings (SSSR count). The third kappa shape index (κ3) is 3.86. The molecule has 0 amide bonds. The molecule has 0 fully saturated rings. The zero-order valence-corrected chi connectivity index (χ0v) is 12.9. The molecule has 5 heteroatoms. The molecule has 0 atom stereocenters. The molecule has 0 aliphatic carbocycles. The van der Waals surface area contributed by atoms with Crippen LogP contribution in [0, 0.1) is 12.3 Å². The maximum Gasteiger partial charge on any atom is 0.148 e. The monoisotopic (exact) mass is 333 g/mol. The van der Waals surface area contributed by atoms with Crippen molar-refractivity contribution in [3.63, 3.8) is 0 Å². The summed E-state index contributed by atoms with van der Waals surface area (Å²) in [6.07, 6.45) is 8.94. The van der Waals surface area contributed by atoms with E-state index in [-0.39, 0.29) is 6.61 Å². The zero-order chi connectivity index (χ0) is 14.4. The van der Waals surface area contributed by atoms with Crippen molar-refractivity contribution in [1.29, 1.82) is 0 Å². The van der Waals surface area contributed by atoms with Crippen molar-refractivity contribution in [2.75, 3.05) is 6.61 Å². The average Bonchev–Trinajstić information content (AvgIpc) is 2.84. The van der Waals surface area contributed by atoms with Gasteiger partial charge < -0.3 is 14.6 Å². The van der Waals surface area contributed by atoms with Gasteiger partial charge in [0, 0.05) is 36.0 Å². The number of aryl methyl sites for hydroxylation is 1. The van der Waals surface area contributed by atoms with Gasteiger partial charge in [0.15, 0.2) is 0 Å². The van der Waals surface area contributed by atoms with Crippen LogP contribution in [-0.2, 0) is 20.1 Å². The van der Waals surface area contributed by atoms with E-state index in [2.05, 4.69) is 32.2 Å². The van der Waals surface area contributed by atoms with Gasteiger partial charge in [0.05, 0.1) is 6.54 Å². The summed E-state index contributed by atoms with van der Waals surface area (Å²) in [4.78, 5) is 4.27. The number of nitrogens with zero attached hydrogens (tertiary/aromatic N) is 2. The normalized spacial score (nSPS) is 10.2.